The zero-order valence-electron chi connectivity index (χ0n) is 12.3. The first-order chi connectivity index (χ1) is 9.78. The van der Waals surface area contributed by atoms with E-state index in [0.717, 1.165) is 13.1 Å². The predicted octanol–water partition coefficient (Wildman–Crippen LogP) is 1.35. The second kappa shape index (κ2) is 5.95. The summed E-state index contributed by atoms with van der Waals surface area (Å²) in [5, 5.41) is 1.30. The normalized spacial score (nSPS) is 17.9. The number of piperazine rings is 1. The van der Waals surface area contributed by atoms with Gasteiger partial charge in [0.15, 0.2) is 0 Å². The molecule has 2 aromatic rings. The van der Waals surface area contributed by atoms with E-state index in [9.17, 15) is 0 Å². The fraction of sp³-hybridized carbons (Fsp3) is 0.500. The Kier molecular flexibility index (Phi) is 4.05. The monoisotopic (exact) mass is 272 g/mol. The van der Waals surface area contributed by atoms with Gasteiger partial charge in [-0.2, -0.15) is 0 Å². The van der Waals surface area contributed by atoms with Crippen LogP contribution in [0.1, 0.15) is 5.56 Å². The van der Waals surface area contributed by atoms with E-state index < -0.39 is 0 Å². The summed E-state index contributed by atoms with van der Waals surface area (Å²) in [7, 11) is 2.20. The highest BCUT2D eigenvalue weighted by atomic mass is 15.2. The van der Waals surface area contributed by atoms with Crippen molar-refractivity contribution in [2.45, 2.75) is 13.1 Å². The molecule has 1 aliphatic heterocycles. The first kappa shape index (κ1) is 13.6. The molecule has 1 fully saturated rings. The molecule has 1 aromatic heterocycles. The van der Waals surface area contributed by atoms with Crippen LogP contribution in [0.5, 0.6) is 0 Å². The lowest BCUT2D eigenvalue weighted by Gasteiger charge is -2.32. The molecule has 0 unspecified atom stereocenters. The lowest BCUT2D eigenvalue weighted by molar-refractivity contribution is 0.150. The van der Waals surface area contributed by atoms with Crippen LogP contribution in [0.15, 0.2) is 30.5 Å². The number of nitrogens with two attached hydrogens (primary N) is 1. The second-order valence-corrected chi connectivity index (χ2v) is 5.71. The van der Waals surface area contributed by atoms with Crippen LogP contribution >= 0.6 is 0 Å². The number of hydrogen-bond donors (Lipinski definition) is 1. The first-order valence-corrected chi connectivity index (χ1v) is 7.45. The molecule has 0 radical (unpaired) electrons. The highest BCUT2D eigenvalue weighted by Gasteiger charge is 2.13. The van der Waals surface area contributed by atoms with Crippen molar-refractivity contribution in [3.63, 3.8) is 0 Å². The van der Waals surface area contributed by atoms with Crippen molar-refractivity contribution in [1.82, 2.24) is 14.4 Å². The third-order valence-corrected chi connectivity index (χ3v) is 4.38. The first-order valence-electron chi connectivity index (χ1n) is 7.45. The number of nitrogens with zero attached hydrogens (tertiary/aromatic N) is 3. The lowest BCUT2D eigenvalue weighted by atomic mass is 10.1. The summed E-state index contributed by atoms with van der Waals surface area (Å²) in [5.74, 6) is 0. The summed E-state index contributed by atoms with van der Waals surface area (Å²) in [6.07, 6.45) is 2.19. The zero-order chi connectivity index (χ0) is 13.9. The van der Waals surface area contributed by atoms with Crippen molar-refractivity contribution in [2.75, 3.05) is 39.8 Å². The van der Waals surface area contributed by atoms with Crippen molar-refractivity contribution in [1.29, 1.82) is 0 Å². The highest BCUT2D eigenvalue weighted by molar-refractivity contribution is 5.83. The second-order valence-electron chi connectivity index (χ2n) is 5.71. The van der Waals surface area contributed by atoms with Crippen LogP contribution in [0, 0.1) is 0 Å². The van der Waals surface area contributed by atoms with E-state index in [0.29, 0.717) is 6.54 Å². The number of fused-ring (bicyclic) bond motifs is 1. The van der Waals surface area contributed by atoms with Crippen LogP contribution in [0.2, 0.25) is 0 Å². The quantitative estimate of drug-likeness (QED) is 0.913. The van der Waals surface area contributed by atoms with E-state index >= 15 is 0 Å². The molecular weight excluding hydrogens is 248 g/mol. The van der Waals surface area contributed by atoms with Crippen LogP contribution in [0.3, 0.4) is 0 Å². The molecule has 1 aliphatic rings. The summed E-state index contributed by atoms with van der Waals surface area (Å²) < 4.78 is 2.35. The van der Waals surface area contributed by atoms with E-state index in [1.165, 1.54) is 42.6 Å². The van der Waals surface area contributed by atoms with E-state index in [-0.39, 0.29) is 0 Å². The third-order valence-electron chi connectivity index (χ3n) is 4.38. The van der Waals surface area contributed by atoms with Crippen LogP contribution in [-0.2, 0) is 13.1 Å². The minimum Gasteiger partial charge on any atom is -0.346 e. The molecule has 4 nitrogen and oxygen atoms in total. The summed E-state index contributed by atoms with van der Waals surface area (Å²) >= 11 is 0. The van der Waals surface area contributed by atoms with Gasteiger partial charge < -0.3 is 15.2 Å². The Bertz CT molecular complexity index is 567. The van der Waals surface area contributed by atoms with Gasteiger partial charge in [-0.05, 0) is 24.7 Å². The van der Waals surface area contributed by atoms with Crippen LogP contribution in [0.4, 0.5) is 0 Å². The Labute approximate surface area is 120 Å². The third kappa shape index (κ3) is 2.73. The van der Waals surface area contributed by atoms with Gasteiger partial charge in [-0.1, -0.05) is 12.1 Å². The van der Waals surface area contributed by atoms with Crippen LogP contribution in [-0.4, -0.2) is 54.1 Å². The van der Waals surface area contributed by atoms with Gasteiger partial charge in [0.1, 0.15) is 0 Å². The minimum atomic E-state index is 0.611. The number of rotatable bonds is 4. The van der Waals surface area contributed by atoms with E-state index in [1.54, 1.807) is 0 Å². The Morgan fingerprint density at radius 1 is 1.05 bits per heavy atom. The molecule has 0 saturated carbocycles. The van der Waals surface area contributed by atoms with Crippen LogP contribution in [0.25, 0.3) is 10.9 Å². The minimum absolute atomic E-state index is 0.611. The average Bonchev–Trinajstić information content (AvgIpc) is 2.90. The number of hydrogen-bond acceptors (Lipinski definition) is 3. The maximum absolute atomic E-state index is 5.81. The van der Waals surface area contributed by atoms with E-state index in [4.69, 9.17) is 5.73 Å². The summed E-state index contributed by atoms with van der Waals surface area (Å²) in [4.78, 5) is 4.95. The summed E-state index contributed by atoms with van der Waals surface area (Å²) in [6, 6.07) is 8.62. The number of likely N-dealkylation sites (N-methyl/N-ethyl adjacent to an activating group) is 1. The molecular formula is C16H24N4. The van der Waals surface area contributed by atoms with Crippen molar-refractivity contribution in [3.8, 4) is 0 Å². The smallest absolute Gasteiger partial charge is 0.0483 e. The molecule has 4 heteroatoms. The molecule has 20 heavy (non-hydrogen) atoms. The molecule has 1 aromatic carbocycles. The van der Waals surface area contributed by atoms with Gasteiger partial charge in [-0.25, -0.2) is 0 Å². The Balaban J connectivity index is 1.69. The molecule has 0 aliphatic carbocycles. The molecule has 108 valence electrons. The van der Waals surface area contributed by atoms with Gasteiger partial charge in [-0.3, -0.25) is 4.90 Å². The maximum atomic E-state index is 5.81. The molecule has 2 N–H and O–H groups in total. The maximum Gasteiger partial charge on any atom is 0.0483 e. The van der Waals surface area contributed by atoms with Crippen molar-refractivity contribution in [2.24, 2.45) is 5.73 Å². The van der Waals surface area contributed by atoms with Gasteiger partial charge in [0, 0.05) is 62.9 Å². The van der Waals surface area contributed by atoms with Gasteiger partial charge in [-0.15, -0.1) is 0 Å². The molecule has 0 atom stereocenters. The predicted molar refractivity (Wildman–Crippen MR) is 83.8 cm³/mol. The number of aromatic nitrogens is 1. The number of benzene rings is 1. The van der Waals surface area contributed by atoms with Crippen LogP contribution < -0.4 is 5.73 Å². The van der Waals surface area contributed by atoms with Gasteiger partial charge >= 0.3 is 0 Å². The molecule has 0 spiro atoms. The molecule has 0 amide bonds. The molecule has 1 saturated heterocycles. The topological polar surface area (TPSA) is 37.4 Å². The fourth-order valence-corrected chi connectivity index (χ4v) is 2.98. The molecule has 2 heterocycles. The largest absolute Gasteiger partial charge is 0.346 e. The summed E-state index contributed by atoms with van der Waals surface area (Å²) in [6.45, 7) is 7.53. The van der Waals surface area contributed by atoms with E-state index in [1.807, 2.05) is 0 Å². The zero-order valence-corrected chi connectivity index (χ0v) is 12.3. The molecule has 0 bridgehead atoms. The highest BCUT2D eigenvalue weighted by Crippen LogP contribution is 2.20. The van der Waals surface area contributed by atoms with Gasteiger partial charge in [0.25, 0.3) is 0 Å². The Morgan fingerprint density at radius 2 is 1.85 bits per heavy atom. The van der Waals surface area contributed by atoms with Gasteiger partial charge in [0.05, 0.1) is 0 Å². The molecule has 3 rings (SSSR count). The van der Waals surface area contributed by atoms with Crippen molar-refractivity contribution >= 4 is 10.9 Å². The Morgan fingerprint density at radius 3 is 2.60 bits per heavy atom. The van der Waals surface area contributed by atoms with Gasteiger partial charge in [0.2, 0.25) is 0 Å². The van der Waals surface area contributed by atoms with E-state index in [2.05, 4.69) is 51.9 Å². The summed E-state index contributed by atoms with van der Waals surface area (Å²) in [5.41, 5.74) is 8.35. The SMILES string of the molecule is CN1CCN(CCn2ccc3c(CN)cccc32)CC1. The van der Waals surface area contributed by atoms with Crippen molar-refractivity contribution in [3.05, 3.63) is 36.0 Å². The lowest BCUT2D eigenvalue weighted by Crippen LogP contribution is -2.45. The Hall–Kier alpha value is -1.36. The average molecular weight is 272 g/mol. The van der Waals surface area contributed by atoms with Crippen molar-refractivity contribution < 1.29 is 0 Å². The fourth-order valence-electron chi connectivity index (χ4n) is 2.98. The standard InChI is InChI=1S/C16H24N4/c1-18-7-9-19(10-8-18)11-12-20-6-5-15-14(13-17)3-2-4-16(15)20/h2-6H,7-13,17H2,1H3.